The molecule has 0 fully saturated rings. The molecule has 1 aliphatic heterocycles. The molecule has 1 aliphatic rings. The average Bonchev–Trinajstić information content (AvgIpc) is 2.55. The predicted octanol–water partition coefficient (Wildman–Crippen LogP) is 2.62. The number of nitrogens with one attached hydrogen (secondary N) is 1. The lowest BCUT2D eigenvalue weighted by Gasteiger charge is -2.26. The number of rotatable bonds is 5. The standard InChI is InChI=1S/C17H19NO3/c1-19-14-6-4-5-13(9-14)10-18-11-15-12-20-16-7-2-3-8-17(16)21-15/h2-9,15,18H,10-12H2,1H3/t15-/m0/s1. The van der Waals surface area contributed by atoms with Crippen molar-refractivity contribution in [3.63, 3.8) is 0 Å². The Hall–Kier alpha value is -2.20. The van der Waals surface area contributed by atoms with Crippen LogP contribution >= 0.6 is 0 Å². The largest absolute Gasteiger partial charge is 0.497 e. The highest BCUT2D eigenvalue weighted by Crippen LogP contribution is 2.30. The third-order valence-corrected chi connectivity index (χ3v) is 3.40. The van der Waals surface area contributed by atoms with E-state index in [-0.39, 0.29) is 6.10 Å². The van der Waals surface area contributed by atoms with E-state index in [1.807, 2.05) is 42.5 Å². The molecule has 1 N–H and O–H groups in total. The van der Waals surface area contributed by atoms with Gasteiger partial charge in [-0.05, 0) is 29.8 Å². The van der Waals surface area contributed by atoms with E-state index in [1.54, 1.807) is 7.11 Å². The number of hydrogen-bond donors (Lipinski definition) is 1. The fourth-order valence-electron chi connectivity index (χ4n) is 2.32. The molecule has 21 heavy (non-hydrogen) atoms. The normalized spacial score (nSPS) is 16.5. The van der Waals surface area contributed by atoms with Gasteiger partial charge < -0.3 is 19.5 Å². The van der Waals surface area contributed by atoms with Gasteiger partial charge in [0.2, 0.25) is 0 Å². The van der Waals surface area contributed by atoms with Gasteiger partial charge in [-0.1, -0.05) is 24.3 Å². The fraction of sp³-hybridized carbons (Fsp3) is 0.294. The molecule has 1 heterocycles. The molecule has 0 bridgehead atoms. The van der Waals surface area contributed by atoms with Crippen LogP contribution in [0.25, 0.3) is 0 Å². The van der Waals surface area contributed by atoms with E-state index in [9.17, 15) is 0 Å². The summed E-state index contributed by atoms with van der Waals surface area (Å²) in [5, 5.41) is 3.39. The van der Waals surface area contributed by atoms with Crippen molar-refractivity contribution in [2.24, 2.45) is 0 Å². The third-order valence-electron chi connectivity index (χ3n) is 3.40. The first-order chi connectivity index (χ1) is 10.3. The molecule has 0 saturated heterocycles. The minimum atomic E-state index is 0.0329. The van der Waals surface area contributed by atoms with Crippen LogP contribution in [0.3, 0.4) is 0 Å². The minimum absolute atomic E-state index is 0.0329. The van der Waals surface area contributed by atoms with E-state index in [1.165, 1.54) is 5.56 Å². The van der Waals surface area contributed by atoms with Crippen molar-refractivity contribution < 1.29 is 14.2 Å². The second-order valence-electron chi connectivity index (χ2n) is 4.98. The zero-order valence-electron chi connectivity index (χ0n) is 12.0. The third kappa shape index (κ3) is 3.47. The quantitative estimate of drug-likeness (QED) is 0.916. The van der Waals surface area contributed by atoms with E-state index in [4.69, 9.17) is 14.2 Å². The molecule has 0 spiro atoms. The van der Waals surface area contributed by atoms with Gasteiger partial charge in [-0.2, -0.15) is 0 Å². The van der Waals surface area contributed by atoms with E-state index in [0.29, 0.717) is 6.61 Å². The van der Waals surface area contributed by atoms with Gasteiger partial charge >= 0.3 is 0 Å². The van der Waals surface area contributed by atoms with Gasteiger partial charge in [0.1, 0.15) is 18.5 Å². The van der Waals surface area contributed by atoms with Crippen LogP contribution < -0.4 is 19.5 Å². The smallest absolute Gasteiger partial charge is 0.161 e. The first kappa shape index (κ1) is 13.8. The van der Waals surface area contributed by atoms with Crippen LogP contribution in [0.5, 0.6) is 17.2 Å². The van der Waals surface area contributed by atoms with Crippen LogP contribution in [-0.2, 0) is 6.54 Å². The van der Waals surface area contributed by atoms with Crippen LogP contribution in [0.15, 0.2) is 48.5 Å². The van der Waals surface area contributed by atoms with Gasteiger partial charge in [0.25, 0.3) is 0 Å². The summed E-state index contributed by atoms with van der Waals surface area (Å²) >= 11 is 0. The minimum Gasteiger partial charge on any atom is -0.497 e. The zero-order chi connectivity index (χ0) is 14.5. The number of para-hydroxylation sites is 2. The van der Waals surface area contributed by atoms with Crippen LogP contribution in [0.4, 0.5) is 0 Å². The zero-order valence-corrected chi connectivity index (χ0v) is 12.0. The summed E-state index contributed by atoms with van der Waals surface area (Å²) in [6.45, 7) is 2.09. The maximum atomic E-state index is 5.90. The van der Waals surface area contributed by atoms with Crippen LogP contribution in [-0.4, -0.2) is 26.4 Å². The van der Waals surface area contributed by atoms with E-state index >= 15 is 0 Å². The molecule has 0 radical (unpaired) electrons. The number of methoxy groups -OCH3 is 1. The lowest BCUT2D eigenvalue weighted by atomic mass is 10.2. The van der Waals surface area contributed by atoms with Crippen molar-refractivity contribution in [1.82, 2.24) is 5.32 Å². The highest BCUT2D eigenvalue weighted by Gasteiger charge is 2.19. The molecule has 110 valence electrons. The first-order valence-corrected chi connectivity index (χ1v) is 7.07. The average molecular weight is 285 g/mol. The lowest BCUT2D eigenvalue weighted by molar-refractivity contribution is 0.0902. The van der Waals surface area contributed by atoms with E-state index < -0.39 is 0 Å². The molecular weight excluding hydrogens is 266 g/mol. The molecule has 0 aliphatic carbocycles. The van der Waals surface area contributed by atoms with E-state index in [2.05, 4.69) is 11.4 Å². The molecular formula is C17H19NO3. The molecule has 0 unspecified atom stereocenters. The molecule has 0 saturated carbocycles. The van der Waals surface area contributed by atoms with E-state index in [0.717, 1.165) is 30.3 Å². The topological polar surface area (TPSA) is 39.7 Å². The van der Waals surface area contributed by atoms with Crippen molar-refractivity contribution in [2.45, 2.75) is 12.6 Å². The van der Waals surface area contributed by atoms with Crippen molar-refractivity contribution in [2.75, 3.05) is 20.3 Å². The molecule has 4 heteroatoms. The highest BCUT2D eigenvalue weighted by atomic mass is 16.6. The van der Waals surface area contributed by atoms with Gasteiger partial charge in [-0.25, -0.2) is 0 Å². The Balaban J connectivity index is 1.50. The second-order valence-corrected chi connectivity index (χ2v) is 4.98. The van der Waals surface area contributed by atoms with Crippen LogP contribution in [0.2, 0.25) is 0 Å². The molecule has 0 amide bonds. The summed E-state index contributed by atoms with van der Waals surface area (Å²) in [6, 6.07) is 15.8. The maximum Gasteiger partial charge on any atom is 0.161 e. The number of benzene rings is 2. The first-order valence-electron chi connectivity index (χ1n) is 7.07. The second kappa shape index (κ2) is 6.50. The van der Waals surface area contributed by atoms with Crippen LogP contribution in [0, 0.1) is 0 Å². The Morgan fingerprint density at radius 3 is 2.86 bits per heavy atom. The van der Waals surface area contributed by atoms with Crippen molar-refractivity contribution in [3.8, 4) is 17.2 Å². The molecule has 1 atom stereocenters. The molecule has 3 rings (SSSR count). The predicted molar refractivity (Wildman–Crippen MR) is 81.1 cm³/mol. The molecule has 2 aromatic rings. The van der Waals surface area contributed by atoms with Gasteiger partial charge in [0.15, 0.2) is 11.5 Å². The molecule has 0 aromatic heterocycles. The summed E-state index contributed by atoms with van der Waals surface area (Å²) in [4.78, 5) is 0. The summed E-state index contributed by atoms with van der Waals surface area (Å²) < 4.78 is 16.8. The fourth-order valence-corrected chi connectivity index (χ4v) is 2.32. The van der Waals surface area contributed by atoms with Crippen molar-refractivity contribution in [3.05, 3.63) is 54.1 Å². The summed E-state index contributed by atoms with van der Waals surface area (Å²) in [6.07, 6.45) is 0.0329. The molecule has 2 aromatic carbocycles. The van der Waals surface area contributed by atoms with Gasteiger partial charge in [-0.15, -0.1) is 0 Å². The Morgan fingerprint density at radius 2 is 2.00 bits per heavy atom. The highest BCUT2D eigenvalue weighted by molar-refractivity contribution is 5.40. The number of hydrogen-bond acceptors (Lipinski definition) is 4. The van der Waals surface area contributed by atoms with Crippen molar-refractivity contribution in [1.29, 1.82) is 0 Å². The maximum absolute atomic E-state index is 5.90. The van der Waals surface area contributed by atoms with Gasteiger partial charge in [0, 0.05) is 13.1 Å². The Bertz CT molecular complexity index is 600. The summed E-state index contributed by atoms with van der Waals surface area (Å²) in [7, 11) is 1.68. The monoisotopic (exact) mass is 285 g/mol. The van der Waals surface area contributed by atoms with Crippen molar-refractivity contribution >= 4 is 0 Å². The number of fused-ring (bicyclic) bond motifs is 1. The Labute approximate surface area is 124 Å². The van der Waals surface area contributed by atoms with Crippen LogP contribution in [0.1, 0.15) is 5.56 Å². The molecule has 4 nitrogen and oxygen atoms in total. The summed E-state index contributed by atoms with van der Waals surface area (Å²) in [5.74, 6) is 2.51. The van der Waals surface area contributed by atoms with Gasteiger partial charge in [-0.3, -0.25) is 0 Å². The Kier molecular flexibility index (Phi) is 4.26. The lowest BCUT2D eigenvalue weighted by Crippen LogP contribution is -2.38. The number of ether oxygens (including phenoxy) is 3. The summed E-state index contributed by atoms with van der Waals surface area (Å²) in [5.41, 5.74) is 1.19. The Morgan fingerprint density at radius 1 is 1.14 bits per heavy atom. The SMILES string of the molecule is COc1cccc(CNC[C@H]2COc3ccccc3O2)c1. The van der Waals surface area contributed by atoms with Gasteiger partial charge in [0.05, 0.1) is 7.11 Å².